The van der Waals surface area contributed by atoms with Gasteiger partial charge in [-0.2, -0.15) is 24.4 Å². The number of hydrogen-bond donors (Lipinski definition) is 15. The van der Waals surface area contributed by atoms with E-state index < -0.39 is 139 Å². The second-order valence-electron chi connectivity index (χ2n) is 19.4. The van der Waals surface area contributed by atoms with Crippen LogP contribution in [0.2, 0.25) is 0 Å². The molecule has 10 atom stereocenters. The largest absolute Gasteiger partial charge is 0.481 e. The van der Waals surface area contributed by atoms with E-state index >= 15 is 0 Å². The Morgan fingerprint density at radius 2 is 1.08 bits per heavy atom. The third-order valence-electron chi connectivity index (χ3n) is 12.5. The molecule has 17 N–H and O–H groups in total. The van der Waals surface area contributed by atoms with Gasteiger partial charge in [-0.1, -0.05) is 44.2 Å². The predicted octanol–water partition coefficient (Wildman–Crippen LogP) is -3.02. The van der Waals surface area contributed by atoms with E-state index in [2.05, 4.69) is 55.2 Å². The standard InChI is InChI=1S/C50H82N12O14S2/c1-28(2)23-36(49(74)62-21-12-17-39(62)50(75)76)59-43(68)32(16-9-11-20-52)55-47(72)37(26-63)60-48(73)38(27-77)61-44(69)33(18-22-78-4)56-42(67)31(15-8-10-19-51)54-46(71)35(25-40(64)65)58-45(70)34(57-41(66)29(3)53)24-30-13-6-5-7-14-30/h5-7,13-14,28-29,31-39,63,77H,8-12,15-27,51-53H2,1-4H3,(H,54,71)(H,55,72)(H,56,67)(H,57,66)(H,58,70)(H,59,68)(H,60,73)(H,61,69)(H,64,65)(H,75,76)/t29-,31-,32-,33-,34-,35-,36-,37-,38-,39-/m0/s1. The lowest BCUT2D eigenvalue weighted by molar-refractivity contribution is -0.149. The lowest BCUT2D eigenvalue weighted by Gasteiger charge is -2.30. The number of carboxylic acid groups (broad SMARTS) is 2. The molecule has 78 heavy (non-hydrogen) atoms. The number of aliphatic carboxylic acids is 2. The minimum Gasteiger partial charge on any atom is -0.481 e. The molecule has 1 fully saturated rings. The van der Waals surface area contributed by atoms with E-state index in [1.165, 1.54) is 23.6 Å². The van der Waals surface area contributed by atoms with E-state index in [9.17, 15) is 68.1 Å². The molecule has 1 aliphatic heterocycles. The van der Waals surface area contributed by atoms with E-state index in [1.807, 2.05) is 13.8 Å². The van der Waals surface area contributed by atoms with Gasteiger partial charge < -0.3 is 80.0 Å². The van der Waals surface area contributed by atoms with Crippen LogP contribution >= 0.6 is 24.4 Å². The van der Waals surface area contributed by atoms with Crippen molar-refractivity contribution in [3.8, 4) is 0 Å². The number of thioether (sulfide) groups is 1. The van der Waals surface area contributed by atoms with Gasteiger partial charge in [0.05, 0.1) is 19.1 Å². The molecule has 0 aromatic heterocycles. The van der Waals surface area contributed by atoms with Crippen molar-refractivity contribution >= 4 is 89.5 Å². The number of carbonyl (C=O) groups excluding carboxylic acids is 9. The Balaban J connectivity index is 2.31. The number of benzene rings is 1. The number of carbonyl (C=O) groups is 11. The molecule has 9 amide bonds. The number of unbranched alkanes of at least 4 members (excludes halogenated alkanes) is 2. The van der Waals surface area contributed by atoms with Crippen molar-refractivity contribution in [2.45, 2.75) is 158 Å². The van der Waals surface area contributed by atoms with E-state index in [0.717, 1.165) is 0 Å². The number of carboxylic acids is 2. The van der Waals surface area contributed by atoms with E-state index in [1.54, 1.807) is 36.6 Å². The van der Waals surface area contributed by atoms with E-state index in [-0.39, 0.29) is 76.3 Å². The third-order valence-corrected chi connectivity index (χ3v) is 13.5. The van der Waals surface area contributed by atoms with Crippen LogP contribution in [0.3, 0.4) is 0 Å². The Bertz CT molecular complexity index is 2160. The Kier molecular flexibility index (Phi) is 31.5. The van der Waals surface area contributed by atoms with Gasteiger partial charge in [-0.15, -0.1) is 0 Å². The number of nitrogens with one attached hydrogen (secondary N) is 8. The molecule has 1 aromatic rings. The fourth-order valence-corrected chi connectivity index (χ4v) is 8.98. The molecule has 0 bridgehead atoms. The molecule has 2 rings (SSSR count). The molecule has 1 aromatic carbocycles. The van der Waals surface area contributed by atoms with Gasteiger partial charge in [0.15, 0.2) is 0 Å². The number of aliphatic hydroxyl groups excluding tert-OH is 1. The van der Waals surface area contributed by atoms with Crippen molar-refractivity contribution in [1.29, 1.82) is 0 Å². The van der Waals surface area contributed by atoms with Gasteiger partial charge in [0.2, 0.25) is 53.2 Å². The summed E-state index contributed by atoms with van der Waals surface area (Å²) < 4.78 is 0. The number of likely N-dealkylation sites (tertiary alicyclic amines) is 1. The van der Waals surface area contributed by atoms with Crippen LogP contribution in [-0.2, 0) is 59.2 Å². The van der Waals surface area contributed by atoms with Crippen molar-refractivity contribution in [2.24, 2.45) is 23.1 Å². The maximum atomic E-state index is 14.1. The summed E-state index contributed by atoms with van der Waals surface area (Å²) in [5.74, 6) is -10.6. The van der Waals surface area contributed by atoms with E-state index in [4.69, 9.17) is 17.2 Å². The van der Waals surface area contributed by atoms with Crippen molar-refractivity contribution in [3.05, 3.63) is 35.9 Å². The zero-order valence-corrected chi connectivity index (χ0v) is 46.5. The van der Waals surface area contributed by atoms with Gasteiger partial charge in [-0.25, -0.2) is 4.79 Å². The lowest BCUT2D eigenvalue weighted by atomic mass is 10.0. The van der Waals surface area contributed by atoms with Gasteiger partial charge in [-0.05, 0) is 108 Å². The maximum Gasteiger partial charge on any atom is 0.326 e. The zero-order valence-electron chi connectivity index (χ0n) is 44.8. The van der Waals surface area contributed by atoms with Gasteiger partial charge in [0, 0.05) is 18.7 Å². The minimum atomic E-state index is -1.76. The first-order valence-electron chi connectivity index (χ1n) is 26.1. The van der Waals surface area contributed by atoms with Crippen LogP contribution in [0.25, 0.3) is 0 Å². The van der Waals surface area contributed by atoms with E-state index in [0.29, 0.717) is 37.0 Å². The molecule has 1 aliphatic rings. The predicted molar refractivity (Wildman–Crippen MR) is 293 cm³/mol. The summed E-state index contributed by atoms with van der Waals surface area (Å²) in [5, 5.41) is 49.9. The molecule has 28 heteroatoms. The minimum absolute atomic E-state index is 0.00612. The third kappa shape index (κ3) is 23.9. The van der Waals surface area contributed by atoms with Crippen LogP contribution in [-0.4, -0.2) is 190 Å². The first-order chi connectivity index (χ1) is 37.0. The summed E-state index contributed by atoms with van der Waals surface area (Å²) in [4.78, 5) is 148. The molecule has 26 nitrogen and oxygen atoms in total. The van der Waals surface area contributed by atoms with Gasteiger partial charge in [0.1, 0.15) is 54.4 Å². The summed E-state index contributed by atoms with van der Waals surface area (Å²) in [7, 11) is 0. The Labute approximate surface area is 464 Å². The molecule has 1 saturated heterocycles. The van der Waals surface area contributed by atoms with Crippen LogP contribution in [0.5, 0.6) is 0 Å². The Hall–Kier alpha value is -6.07. The summed E-state index contributed by atoms with van der Waals surface area (Å²) in [6.45, 7) is 4.72. The summed E-state index contributed by atoms with van der Waals surface area (Å²) in [6.07, 6.45) is 3.08. The molecule has 0 aliphatic carbocycles. The highest BCUT2D eigenvalue weighted by Crippen LogP contribution is 2.21. The molecular weight excluding hydrogens is 1060 g/mol. The number of nitrogens with two attached hydrogens (primary N) is 3. The van der Waals surface area contributed by atoms with Crippen molar-refractivity contribution in [2.75, 3.05) is 44.0 Å². The van der Waals surface area contributed by atoms with Crippen LogP contribution < -0.4 is 59.7 Å². The second-order valence-corrected chi connectivity index (χ2v) is 20.8. The maximum absolute atomic E-state index is 14.1. The van der Waals surface area contributed by atoms with Crippen LogP contribution in [0.1, 0.15) is 97.0 Å². The average molecular weight is 1140 g/mol. The van der Waals surface area contributed by atoms with Crippen molar-refractivity contribution in [1.82, 2.24) is 47.4 Å². The smallest absolute Gasteiger partial charge is 0.326 e. The van der Waals surface area contributed by atoms with Crippen molar-refractivity contribution < 1.29 is 68.1 Å². The summed E-state index contributed by atoms with van der Waals surface area (Å²) >= 11 is 5.55. The topological polar surface area (TPSA) is 426 Å². The molecule has 0 spiro atoms. The fourth-order valence-electron chi connectivity index (χ4n) is 8.25. The summed E-state index contributed by atoms with van der Waals surface area (Å²) in [5.41, 5.74) is 17.8. The Morgan fingerprint density at radius 3 is 1.55 bits per heavy atom. The van der Waals surface area contributed by atoms with Crippen molar-refractivity contribution in [3.63, 3.8) is 0 Å². The SMILES string of the molecule is CSCC[C@H](NC(=O)[C@H](CCCCN)NC(=O)[C@H](CC(=O)O)NC(=O)[C@H](Cc1ccccc1)NC(=O)[C@H](C)N)C(=O)N[C@@H](CS)C(=O)N[C@@H](CO)C(=O)N[C@@H](CCCCN)C(=O)N[C@@H](CC(C)C)C(=O)N1CCC[C@H]1C(=O)O. The highest BCUT2D eigenvalue weighted by Gasteiger charge is 2.40. The van der Waals surface area contributed by atoms with Gasteiger partial charge in [0.25, 0.3) is 0 Å². The number of aliphatic hydroxyl groups is 1. The average Bonchev–Trinajstić information content (AvgIpc) is 3.90. The molecular formula is C50H82N12O14S2. The highest BCUT2D eigenvalue weighted by atomic mass is 32.2. The van der Waals surface area contributed by atoms with Crippen LogP contribution in [0.4, 0.5) is 0 Å². The molecule has 0 saturated carbocycles. The zero-order chi connectivity index (χ0) is 58.5. The van der Waals surface area contributed by atoms with Crippen LogP contribution in [0.15, 0.2) is 30.3 Å². The molecule has 0 radical (unpaired) electrons. The molecule has 1 heterocycles. The quantitative estimate of drug-likeness (QED) is 0.0233. The molecule has 0 unspecified atom stereocenters. The number of amides is 9. The van der Waals surface area contributed by atoms with Gasteiger partial charge >= 0.3 is 11.9 Å². The number of rotatable bonds is 37. The van der Waals surface area contributed by atoms with Crippen LogP contribution in [0, 0.1) is 5.92 Å². The fraction of sp³-hybridized carbons (Fsp3) is 0.660. The normalized spacial score (nSPS) is 16.6. The number of hydrogen-bond acceptors (Lipinski definition) is 17. The second kappa shape index (κ2) is 36.2. The monoisotopic (exact) mass is 1140 g/mol. The molecule has 438 valence electrons. The first-order valence-corrected chi connectivity index (χ1v) is 28.1. The van der Waals surface area contributed by atoms with Gasteiger partial charge in [-0.3, -0.25) is 47.9 Å². The lowest BCUT2D eigenvalue weighted by Crippen LogP contribution is -2.61. The number of nitrogens with zero attached hydrogens (tertiary/aromatic N) is 1. The Morgan fingerprint density at radius 1 is 0.628 bits per heavy atom. The number of thiol groups is 1. The summed E-state index contributed by atoms with van der Waals surface area (Å²) in [6, 6.07) is -4.94. The highest BCUT2D eigenvalue weighted by molar-refractivity contribution is 7.98. The first kappa shape index (κ1) is 68.0.